The number of halogens is 1. The normalized spacial score (nSPS) is 17.2. The molecule has 22 heavy (non-hydrogen) atoms. The van der Waals surface area contributed by atoms with Crippen molar-refractivity contribution in [3.8, 4) is 5.75 Å². The van der Waals surface area contributed by atoms with Crippen LogP contribution in [0.25, 0.3) is 0 Å². The van der Waals surface area contributed by atoms with Crippen LogP contribution in [0.2, 0.25) is 0 Å². The van der Waals surface area contributed by atoms with Gasteiger partial charge >= 0.3 is 0 Å². The average Bonchev–Trinajstić information content (AvgIpc) is 2.47. The fourth-order valence-electron chi connectivity index (χ4n) is 2.81. The minimum absolute atomic E-state index is 0.00625. The molecule has 1 unspecified atom stereocenters. The molecule has 3 nitrogen and oxygen atoms in total. The maximum absolute atomic E-state index is 12.6. The van der Waals surface area contributed by atoms with Gasteiger partial charge in [0.2, 0.25) is 0 Å². The number of aryl methyl sites for hydroxylation is 2. The summed E-state index contributed by atoms with van der Waals surface area (Å²) in [5, 5.41) is 0. The van der Waals surface area contributed by atoms with Crippen molar-refractivity contribution in [2.45, 2.75) is 33.4 Å². The maximum Gasteiger partial charge on any atom is 0.268 e. The summed E-state index contributed by atoms with van der Waals surface area (Å²) in [6.07, 6.45) is -0.462. The van der Waals surface area contributed by atoms with Crippen molar-refractivity contribution in [1.29, 1.82) is 0 Å². The number of rotatable bonds is 2. The third kappa shape index (κ3) is 2.63. The van der Waals surface area contributed by atoms with Gasteiger partial charge in [-0.25, -0.2) is 0 Å². The van der Waals surface area contributed by atoms with E-state index in [1.807, 2.05) is 49.1 Å². The minimum Gasteiger partial charge on any atom is -0.478 e. The van der Waals surface area contributed by atoms with Crippen molar-refractivity contribution < 1.29 is 9.53 Å². The smallest absolute Gasteiger partial charge is 0.268 e. The van der Waals surface area contributed by atoms with Crippen LogP contribution in [0.15, 0.2) is 40.9 Å². The molecule has 0 bridgehead atoms. The minimum atomic E-state index is -0.462. The van der Waals surface area contributed by atoms with Crippen LogP contribution < -0.4 is 9.64 Å². The van der Waals surface area contributed by atoms with Crippen molar-refractivity contribution >= 4 is 27.5 Å². The van der Waals surface area contributed by atoms with E-state index in [1.165, 1.54) is 0 Å². The van der Waals surface area contributed by atoms with Crippen LogP contribution in [0.5, 0.6) is 5.75 Å². The Hall–Kier alpha value is -1.81. The summed E-state index contributed by atoms with van der Waals surface area (Å²) in [5.74, 6) is 0.804. The van der Waals surface area contributed by atoms with Crippen LogP contribution in [0.1, 0.15) is 23.6 Å². The van der Waals surface area contributed by atoms with Crippen LogP contribution in [0, 0.1) is 13.8 Å². The molecule has 1 aliphatic heterocycles. The van der Waals surface area contributed by atoms with E-state index in [2.05, 4.69) is 22.0 Å². The van der Waals surface area contributed by atoms with Gasteiger partial charge in [-0.2, -0.15) is 0 Å². The van der Waals surface area contributed by atoms with Gasteiger partial charge in [0.15, 0.2) is 6.10 Å². The summed E-state index contributed by atoms with van der Waals surface area (Å²) in [6.45, 7) is 6.39. The molecule has 0 saturated carbocycles. The van der Waals surface area contributed by atoms with Gasteiger partial charge in [-0.3, -0.25) is 4.79 Å². The number of carbonyl (C=O) groups excluding carboxylic acids is 1. The van der Waals surface area contributed by atoms with Crippen molar-refractivity contribution in [3.63, 3.8) is 0 Å². The second-order valence-corrected chi connectivity index (χ2v) is 6.56. The van der Waals surface area contributed by atoms with E-state index in [0.717, 1.165) is 32.6 Å². The second kappa shape index (κ2) is 5.76. The van der Waals surface area contributed by atoms with Crippen LogP contribution in [-0.4, -0.2) is 12.0 Å². The molecule has 0 aliphatic carbocycles. The molecule has 1 aliphatic rings. The predicted octanol–water partition coefficient (Wildman–Crippen LogP) is 4.38. The Labute approximate surface area is 139 Å². The molecule has 1 amide bonds. The average molecular weight is 360 g/mol. The van der Waals surface area contributed by atoms with Crippen molar-refractivity contribution in [2.75, 3.05) is 4.90 Å². The molecule has 3 rings (SSSR count). The lowest BCUT2D eigenvalue weighted by molar-refractivity contribution is -0.125. The first-order chi connectivity index (χ1) is 10.5. The SMILES string of the molecule is Cc1cc(C)c2c(c1)N(Cc1ccccc1Br)C(=O)C(C)O2. The van der Waals surface area contributed by atoms with Gasteiger partial charge in [-0.1, -0.05) is 40.2 Å². The van der Waals surface area contributed by atoms with Crippen molar-refractivity contribution in [3.05, 3.63) is 57.6 Å². The zero-order chi connectivity index (χ0) is 15.9. The fourth-order valence-corrected chi connectivity index (χ4v) is 3.22. The quantitative estimate of drug-likeness (QED) is 0.796. The Bertz CT molecular complexity index is 742. The van der Waals surface area contributed by atoms with E-state index in [9.17, 15) is 4.79 Å². The molecule has 1 atom stereocenters. The molecule has 0 fully saturated rings. The number of benzene rings is 2. The Morgan fingerprint density at radius 2 is 1.95 bits per heavy atom. The molecule has 2 aromatic carbocycles. The van der Waals surface area contributed by atoms with Gasteiger partial charge in [0.1, 0.15) is 5.75 Å². The number of hydrogen-bond donors (Lipinski definition) is 0. The molecule has 4 heteroatoms. The summed E-state index contributed by atoms with van der Waals surface area (Å²) >= 11 is 3.56. The van der Waals surface area contributed by atoms with Crippen molar-refractivity contribution in [2.24, 2.45) is 0 Å². The number of nitrogens with zero attached hydrogens (tertiary/aromatic N) is 1. The van der Waals surface area contributed by atoms with E-state index in [1.54, 1.807) is 6.92 Å². The summed E-state index contributed by atoms with van der Waals surface area (Å²) in [7, 11) is 0. The van der Waals surface area contributed by atoms with E-state index in [4.69, 9.17) is 4.74 Å². The highest BCUT2D eigenvalue weighted by molar-refractivity contribution is 9.10. The lowest BCUT2D eigenvalue weighted by Gasteiger charge is -2.34. The van der Waals surface area contributed by atoms with Crippen LogP contribution >= 0.6 is 15.9 Å². The number of anilines is 1. The van der Waals surface area contributed by atoms with Gasteiger partial charge < -0.3 is 9.64 Å². The summed E-state index contributed by atoms with van der Waals surface area (Å²) in [6, 6.07) is 12.1. The van der Waals surface area contributed by atoms with Crippen molar-refractivity contribution in [1.82, 2.24) is 0 Å². The predicted molar refractivity (Wildman–Crippen MR) is 91.3 cm³/mol. The first kappa shape index (κ1) is 15.1. The molecular formula is C18H18BrNO2. The zero-order valence-electron chi connectivity index (χ0n) is 12.9. The van der Waals surface area contributed by atoms with E-state index < -0.39 is 6.10 Å². The first-order valence-electron chi connectivity index (χ1n) is 7.30. The molecule has 0 spiro atoms. The molecule has 0 radical (unpaired) electrons. The Morgan fingerprint density at radius 1 is 1.23 bits per heavy atom. The van der Waals surface area contributed by atoms with Gasteiger partial charge in [0.25, 0.3) is 5.91 Å². The number of hydrogen-bond acceptors (Lipinski definition) is 2. The van der Waals surface area contributed by atoms with Crippen LogP contribution in [-0.2, 0) is 11.3 Å². The molecule has 1 heterocycles. The summed E-state index contributed by atoms with van der Waals surface area (Å²) < 4.78 is 6.83. The molecule has 0 aromatic heterocycles. The maximum atomic E-state index is 12.6. The third-order valence-electron chi connectivity index (χ3n) is 3.88. The van der Waals surface area contributed by atoms with Gasteiger partial charge in [-0.15, -0.1) is 0 Å². The second-order valence-electron chi connectivity index (χ2n) is 5.71. The topological polar surface area (TPSA) is 29.5 Å². The van der Waals surface area contributed by atoms with Crippen LogP contribution in [0.3, 0.4) is 0 Å². The van der Waals surface area contributed by atoms with E-state index in [0.29, 0.717) is 6.54 Å². The number of fused-ring (bicyclic) bond motifs is 1. The zero-order valence-corrected chi connectivity index (χ0v) is 14.5. The number of amides is 1. The third-order valence-corrected chi connectivity index (χ3v) is 4.66. The van der Waals surface area contributed by atoms with E-state index in [-0.39, 0.29) is 5.91 Å². The first-order valence-corrected chi connectivity index (χ1v) is 8.09. The van der Waals surface area contributed by atoms with Gasteiger partial charge in [-0.05, 0) is 49.6 Å². The Morgan fingerprint density at radius 3 is 2.68 bits per heavy atom. The Balaban J connectivity index is 2.07. The lowest BCUT2D eigenvalue weighted by Crippen LogP contribution is -2.44. The standard InChI is InChI=1S/C18H18BrNO2/c1-11-8-12(2)17-16(9-11)20(18(21)13(3)22-17)10-14-6-4-5-7-15(14)19/h4-9,13H,10H2,1-3H3. The lowest BCUT2D eigenvalue weighted by atomic mass is 10.1. The van der Waals surface area contributed by atoms with Crippen LogP contribution in [0.4, 0.5) is 5.69 Å². The highest BCUT2D eigenvalue weighted by atomic mass is 79.9. The number of ether oxygens (including phenoxy) is 1. The Kier molecular flexibility index (Phi) is 3.96. The largest absolute Gasteiger partial charge is 0.478 e. The molecule has 0 N–H and O–H groups in total. The number of carbonyl (C=O) groups is 1. The fraction of sp³-hybridized carbons (Fsp3) is 0.278. The van der Waals surface area contributed by atoms with E-state index >= 15 is 0 Å². The molecular weight excluding hydrogens is 342 g/mol. The molecule has 2 aromatic rings. The molecule has 114 valence electrons. The molecule has 0 saturated heterocycles. The monoisotopic (exact) mass is 359 g/mol. The summed E-state index contributed by atoms with van der Waals surface area (Å²) in [5.41, 5.74) is 4.12. The highest BCUT2D eigenvalue weighted by Gasteiger charge is 2.32. The van der Waals surface area contributed by atoms with Gasteiger partial charge in [0.05, 0.1) is 12.2 Å². The summed E-state index contributed by atoms with van der Waals surface area (Å²) in [4.78, 5) is 14.4. The highest BCUT2D eigenvalue weighted by Crippen LogP contribution is 2.39. The van der Waals surface area contributed by atoms with Gasteiger partial charge in [0, 0.05) is 4.47 Å².